The monoisotopic (exact) mass is 958 g/mol. The summed E-state index contributed by atoms with van der Waals surface area (Å²) in [7, 11) is 0. The summed E-state index contributed by atoms with van der Waals surface area (Å²) in [4.78, 5) is 24.5. The fourth-order valence-electron chi connectivity index (χ4n) is 9.50. The van der Waals surface area contributed by atoms with Crippen LogP contribution in [0.5, 0.6) is 0 Å². The summed E-state index contributed by atoms with van der Waals surface area (Å²) in [6.45, 7) is 4.87. The van der Waals surface area contributed by atoms with Gasteiger partial charge in [-0.05, 0) is 51.4 Å². The van der Waals surface area contributed by atoms with Crippen molar-refractivity contribution in [2.24, 2.45) is 0 Å². The van der Waals surface area contributed by atoms with Crippen LogP contribution < -0.4 is 5.32 Å². The predicted octanol–water partition coefficient (Wildman–Crippen LogP) is 19.0. The Labute approximate surface area is 424 Å². The summed E-state index contributed by atoms with van der Waals surface area (Å²) >= 11 is 0. The molecule has 0 radical (unpaired) electrons. The first kappa shape index (κ1) is 66.3. The number of unbranched alkanes of at least 4 members (excludes halogenated alkanes) is 44. The van der Waals surface area contributed by atoms with E-state index in [0.29, 0.717) is 19.4 Å². The van der Waals surface area contributed by atoms with Crippen LogP contribution >= 0.6 is 0 Å². The van der Waals surface area contributed by atoms with Crippen LogP contribution in [0.1, 0.15) is 335 Å². The standard InChI is InChI=1S/C62H119NO5/c1-3-5-7-9-11-13-15-16-17-18-19-20-21-22-23-24-25-26-28-31-35-38-42-46-50-54-60(65)59(58-64)63-61(66)55-51-47-43-39-36-32-29-27-30-33-37-41-45-49-53-57-68-62(67)56-52-48-44-40-34-14-12-10-8-6-4-2/h10,12,50,54,59-60,64-65H,3-9,11,13-49,51-53,55-58H2,1-2H3,(H,63,66)/b12-10-,54-50+. The first-order valence-electron chi connectivity index (χ1n) is 30.6. The van der Waals surface area contributed by atoms with E-state index >= 15 is 0 Å². The summed E-state index contributed by atoms with van der Waals surface area (Å²) < 4.78 is 5.45. The van der Waals surface area contributed by atoms with E-state index in [2.05, 4.69) is 31.3 Å². The Kier molecular flexibility index (Phi) is 56.5. The summed E-state index contributed by atoms with van der Waals surface area (Å²) in [6, 6.07) is -0.635. The quantitative estimate of drug-likeness (QED) is 0.0321. The maximum atomic E-state index is 12.5. The van der Waals surface area contributed by atoms with Crippen molar-refractivity contribution in [1.82, 2.24) is 5.32 Å². The average Bonchev–Trinajstić information content (AvgIpc) is 3.34. The smallest absolute Gasteiger partial charge is 0.305 e. The Balaban J connectivity index is 3.47. The lowest BCUT2D eigenvalue weighted by Crippen LogP contribution is -2.45. The number of hydrogen-bond donors (Lipinski definition) is 3. The van der Waals surface area contributed by atoms with Crippen molar-refractivity contribution < 1.29 is 24.5 Å². The average molecular weight is 959 g/mol. The third-order valence-electron chi connectivity index (χ3n) is 14.2. The highest BCUT2D eigenvalue weighted by Gasteiger charge is 2.18. The fraction of sp³-hybridized carbons (Fsp3) is 0.903. The molecule has 68 heavy (non-hydrogen) atoms. The molecule has 0 rings (SSSR count). The molecule has 0 aromatic rings. The zero-order valence-electron chi connectivity index (χ0n) is 45.9. The summed E-state index contributed by atoms with van der Waals surface area (Å²) in [5.41, 5.74) is 0. The van der Waals surface area contributed by atoms with Gasteiger partial charge in [-0.15, -0.1) is 0 Å². The fourth-order valence-corrected chi connectivity index (χ4v) is 9.50. The molecule has 0 saturated heterocycles. The molecular weight excluding hydrogens is 839 g/mol. The van der Waals surface area contributed by atoms with Crippen LogP contribution in [0.4, 0.5) is 0 Å². The Morgan fingerprint density at radius 3 is 1.09 bits per heavy atom. The zero-order valence-corrected chi connectivity index (χ0v) is 45.9. The number of rotatable bonds is 57. The molecule has 0 bridgehead atoms. The Bertz CT molecular complexity index is 1060. The first-order chi connectivity index (χ1) is 33.5. The van der Waals surface area contributed by atoms with Crippen molar-refractivity contribution >= 4 is 11.9 Å². The van der Waals surface area contributed by atoms with Gasteiger partial charge in [0.2, 0.25) is 5.91 Å². The lowest BCUT2D eigenvalue weighted by molar-refractivity contribution is -0.143. The number of carbonyl (C=O) groups is 2. The van der Waals surface area contributed by atoms with E-state index in [-0.39, 0.29) is 18.5 Å². The number of esters is 1. The number of carbonyl (C=O) groups excluding carboxylic acids is 2. The van der Waals surface area contributed by atoms with Gasteiger partial charge >= 0.3 is 5.97 Å². The molecule has 3 N–H and O–H groups in total. The van der Waals surface area contributed by atoms with Crippen LogP contribution in [0, 0.1) is 0 Å². The van der Waals surface area contributed by atoms with Crippen LogP contribution in [0.3, 0.4) is 0 Å². The zero-order chi connectivity index (χ0) is 49.3. The minimum Gasteiger partial charge on any atom is -0.466 e. The van der Waals surface area contributed by atoms with Crippen LogP contribution in [-0.2, 0) is 14.3 Å². The van der Waals surface area contributed by atoms with Gasteiger partial charge in [-0.25, -0.2) is 0 Å². The number of aliphatic hydroxyl groups is 2. The van der Waals surface area contributed by atoms with E-state index in [1.54, 1.807) is 6.08 Å². The minimum atomic E-state index is -0.851. The van der Waals surface area contributed by atoms with Gasteiger partial charge in [-0.3, -0.25) is 9.59 Å². The molecule has 0 heterocycles. The Morgan fingerprint density at radius 1 is 0.397 bits per heavy atom. The second-order valence-electron chi connectivity index (χ2n) is 21.0. The highest BCUT2D eigenvalue weighted by molar-refractivity contribution is 5.76. The number of nitrogens with one attached hydrogen (secondary N) is 1. The largest absolute Gasteiger partial charge is 0.466 e. The van der Waals surface area contributed by atoms with Crippen LogP contribution in [0.2, 0.25) is 0 Å². The summed E-state index contributed by atoms with van der Waals surface area (Å²) in [5, 5.41) is 23.2. The van der Waals surface area contributed by atoms with Gasteiger partial charge in [-0.2, -0.15) is 0 Å². The second-order valence-corrected chi connectivity index (χ2v) is 21.0. The molecule has 2 atom stereocenters. The number of amides is 1. The van der Waals surface area contributed by atoms with E-state index in [1.807, 2.05) is 6.08 Å². The van der Waals surface area contributed by atoms with E-state index < -0.39 is 12.1 Å². The third-order valence-corrected chi connectivity index (χ3v) is 14.2. The molecule has 0 aliphatic heterocycles. The number of ether oxygens (including phenoxy) is 1. The Morgan fingerprint density at radius 2 is 0.706 bits per heavy atom. The maximum absolute atomic E-state index is 12.5. The van der Waals surface area contributed by atoms with Gasteiger partial charge in [0.25, 0.3) is 0 Å². The highest BCUT2D eigenvalue weighted by Crippen LogP contribution is 2.18. The molecule has 2 unspecified atom stereocenters. The van der Waals surface area contributed by atoms with Crippen LogP contribution in [0.15, 0.2) is 24.3 Å². The van der Waals surface area contributed by atoms with Crippen molar-refractivity contribution in [3.8, 4) is 0 Å². The van der Waals surface area contributed by atoms with E-state index in [0.717, 1.165) is 51.4 Å². The molecule has 0 saturated carbocycles. The van der Waals surface area contributed by atoms with Gasteiger partial charge in [0, 0.05) is 12.8 Å². The summed E-state index contributed by atoms with van der Waals surface area (Å²) in [6.07, 6.45) is 70.7. The van der Waals surface area contributed by atoms with Crippen molar-refractivity contribution in [3.63, 3.8) is 0 Å². The number of aliphatic hydroxyl groups excluding tert-OH is 2. The molecule has 0 spiro atoms. The summed E-state index contributed by atoms with van der Waals surface area (Å²) in [5.74, 6) is -0.0843. The predicted molar refractivity (Wildman–Crippen MR) is 296 cm³/mol. The molecule has 0 fully saturated rings. The molecule has 6 heteroatoms. The molecule has 0 aliphatic carbocycles. The van der Waals surface area contributed by atoms with Gasteiger partial charge in [0.05, 0.1) is 25.4 Å². The minimum absolute atomic E-state index is 0.0109. The second kappa shape index (κ2) is 57.9. The van der Waals surface area contributed by atoms with Crippen LogP contribution in [-0.4, -0.2) is 47.4 Å². The first-order valence-corrected chi connectivity index (χ1v) is 30.6. The maximum Gasteiger partial charge on any atom is 0.305 e. The van der Waals surface area contributed by atoms with E-state index in [4.69, 9.17) is 4.74 Å². The molecule has 6 nitrogen and oxygen atoms in total. The lowest BCUT2D eigenvalue weighted by atomic mass is 10.0. The molecular formula is C62H119NO5. The van der Waals surface area contributed by atoms with Crippen molar-refractivity contribution in [2.75, 3.05) is 13.2 Å². The highest BCUT2D eigenvalue weighted by atomic mass is 16.5. The molecule has 0 aromatic carbocycles. The SMILES string of the molecule is CCCC/C=C\CCCCCCCC(=O)OCCCCCCCCCCCCCCCCCC(=O)NC(CO)C(O)/C=C/CCCCCCCCCCCCCCCCCCCCCCCCC. The van der Waals surface area contributed by atoms with Crippen molar-refractivity contribution in [1.29, 1.82) is 0 Å². The van der Waals surface area contributed by atoms with Gasteiger partial charge in [-0.1, -0.05) is 295 Å². The lowest BCUT2D eigenvalue weighted by Gasteiger charge is -2.20. The number of hydrogen-bond acceptors (Lipinski definition) is 5. The van der Waals surface area contributed by atoms with Gasteiger partial charge in [0.1, 0.15) is 0 Å². The molecule has 0 aliphatic rings. The normalized spacial score (nSPS) is 12.7. The van der Waals surface area contributed by atoms with E-state index in [9.17, 15) is 19.8 Å². The molecule has 1 amide bonds. The van der Waals surface area contributed by atoms with E-state index in [1.165, 1.54) is 257 Å². The molecule has 402 valence electrons. The topological polar surface area (TPSA) is 95.9 Å². The van der Waals surface area contributed by atoms with Crippen LogP contribution in [0.25, 0.3) is 0 Å². The van der Waals surface area contributed by atoms with Gasteiger partial charge < -0.3 is 20.3 Å². The van der Waals surface area contributed by atoms with Gasteiger partial charge in [0.15, 0.2) is 0 Å². The molecule has 0 aromatic heterocycles. The number of allylic oxidation sites excluding steroid dienone is 3. The third kappa shape index (κ3) is 53.7. The van der Waals surface area contributed by atoms with Crippen molar-refractivity contribution in [2.45, 2.75) is 347 Å². The van der Waals surface area contributed by atoms with Crippen molar-refractivity contribution in [3.05, 3.63) is 24.3 Å². The Hall–Kier alpha value is -1.66.